The Morgan fingerprint density at radius 1 is 1.55 bits per heavy atom. The van der Waals surface area contributed by atoms with Crippen molar-refractivity contribution in [2.24, 2.45) is 0 Å². The van der Waals surface area contributed by atoms with Crippen LogP contribution in [0.3, 0.4) is 0 Å². The third-order valence-corrected chi connectivity index (χ3v) is 3.62. The van der Waals surface area contributed by atoms with E-state index in [0.717, 1.165) is 4.68 Å². The molecule has 0 bridgehead atoms. The summed E-state index contributed by atoms with van der Waals surface area (Å²) in [4.78, 5) is 11.7. The quantitative estimate of drug-likeness (QED) is 0.756. The van der Waals surface area contributed by atoms with Crippen LogP contribution >= 0.6 is 0 Å². The summed E-state index contributed by atoms with van der Waals surface area (Å²) in [5.41, 5.74) is 0.798. The normalized spacial score (nSPS) is 28.2. The Hall–Kier alpha value is -2.10. The van der Waals surface area contributed by atoms with Crippen LogP contribution in [-0.2, 0) is 9.47 Å². The lowest BCUT2D eigenvalue weighted by Gasteiger charge is -2.13. The summed E-state index contributed by atoms with van der Waals surface area (Å²) < 4.78 is 25.3. The Bertz CT molecular complexity index is 706. The van der Waals surface area contributed by atoms with Gasteiger partial charge in [0, 0.05) is 0 Å². The van der Waals surface area contributed by atoms with Gasteiger partial charge in [-0.15, -0.1) is 5.10 Å². The molecule has 0 unspecified atom stereocenters. The van der Waals surface area contributed by atoms with Crippen LogP contribution in [0.2, 0.25) is 0 Å². The van der Waals surface area contributed by atoms with Crippen molar-refractivity contribution in [1.82, 2.24) is 15.0 Å². The maximum Gasteiger partial charge on any atom is 0.340 e. The van der Waals surface area contributed by atoms with E-state index in [4.69, 9.17) is 9.84 Å². The smallest absolute Gasteiger partial charge is 0.340 e. The molecule has 0 aliphatic carbocycles. The predicted octanol–water partition coefficient (Wildman–Crippen LogP) is -0.193. The molecular weight excluding hydrogens is 297 g/mol. The number of nitrogens with zero attached hydrogens (tertiary/aromatic N) is 3. The topological polar surface area (TPSA) is 107 Å². The average molecular weight is 311 g/mol. The van der Waals surface area contributed by atoms with Crippen LogP contribution < -0.4 is 0 Å². The highest BCUT2D eigenvalue weighted by Gasteiger charge is 2.46. The number of benzene rings is 1. The molecule has 0 spiro atoms. The minimum Gasteiger partial charge on any atom is -0.465 e. The Balaban J connectivity index is 2.04. The van der Waals surface area contributed by atoms with E-state index in [1.807, 2.05) is 0 Å². The highest BCUT2D eigenvalue weighted by atomic mass is 19.1. The lowest BCUT2D eigenvalue weighted by Crippen LogP contribution is -2.30. The first-order valence-corrected chi connectivity index (χ1v) is 6.59. The summed E-state index contributed by atoms with van der Waals surface area (Å²) in [7, 11) is 1.24. The molecule has 8 nitrogen and oxygen atoms in total. The van der Waals surface area contributed by atoms with Crippen molar-refractivity contribution in [3.8, 4) is 0 Å². The van der Waals surface area contributed by atoms with Crippen molar-refractivity contribution in [2.75, 3.05) is 13.7 Å². The van der Waals surface area contributed by atoms with Gasteiger partial charge in [0.05, 0.1) is 24.8 Å². The maximum atomic E-state index is 14.2. The molecule has 2 heterocycles. The lowest BCUT2D eigenvalue weighted by atomic mass is 10.1. The monoisotopic (exact) mass is 311 g/mol. The molecule has 1 aliphatic rings. The van der Waals surface area contributed by atoms with Gasteiger partial charge in [-0.05, 0) is 12.1 Å². The maximum absolute atomic E-state index is 14.2. The van der Waals surface area contributed by atoms with Gasteiger partial charge in [-0.2, -0.15) is 0 Å². The predicted molar refractivity (Wildman–Crippen MR) is 70.8 cm³/mol. The third-order valence-electron chi connectivity index (χ3n) is 3.62. The van der Waals surface area contributed by atoms with Gasteiger partial charge >= 0.3 is 5.97 Å². The highest BCUT2D eigenvalue weighted by molar-refractivity contribution is 6.01. The van der Waals surface area contributed by atoms with Gasteiger partial charge in [0.1, 0.15) is 17.7 Å². The third kappa shape index (κ3) is 2.14. The molecular formula is C13H14FN3O5. The number of carbonyl (C=O) groups is 1. The van der Waals surface area contributed by atoms with E-state index in [0.29, 0.717) is 5.52 Å². The number of methoxy groups -OCH3 is 1. The molecule has 4 atom stereocenters. The molecule has 1 aromatic carbocycles. The Kier molecular flexibility index (Phi) is 3.77. The first kappa shape index (κ1) is 14.8. The number of rotatable bonds is 3. The van der Waals surface area contributed by atoms with Crippen molar-refractivity contribution >= 4 is 17.0 Å². The number of ether oxygens (including phenoxy) is 2. The summed E-state index contributed by atoms with van der Waals surface area (Å²) in [5.74, 6) is -0.588. The summed E-state index contributed by atoms with van der Waals surface area (Å²) in [6, 6.07) is 4.69. The fourth-order valence-corrected chi connectivity index (χ4v) is 2.48. The second-order valence-corrected chi connectivity index (χ2v) is 4.88. The van der Waals surface area contributed by atoms with Crippen LogP contribution in [0, 0.1) is 0 Å². The molecule has 0 amide bonds. The minimum atomic E-state index is -1.77. The Morgan fingerprint density at radius 3 is 2.95 bits per heavy atom. The molecule has 1 saturated heterocycles. The van der Waals surface area contributed by atoms with E-state index in [1.165, 1.54) is 13.2 Å². The summed E-state index contributed by atoms with van der Waals surface area (Å²) in [6.07, 6.45) is -5.50. The van der Waals surface area contributed by atoms with Crippen LogP contribution in [0.5, 0.6) is 0 Å². The van der Waals surface area contributed by atoms with Crippen LogP contribution in [0.1, 0.15) is 16.6 Å². The number of fused-ring (bicyclic) bond motifs is 1. The van der Waals surface area contributed by atoms with E-state index >= 15 is 0 Å². The van der Waals surface area contributed by atoms with Crippen LogP contribution in [0.15, 0.2) is 18.2 Å². The fraction of sp³-hybridized carbons (Fsp3) is 0.462. The minimum absolute atomic E-state index is 0.193. The van der Waals surface area contributed by atoms with Gasteiger partial charge in [0.25, 0.3) is 0 Å². The number of hydrogen-bond acceptors (Lipinski definition) is 7. The molecule has 2 aromatic rings. The van der Waals surface area contributed by atoms with Crippen molar-refractivity contribution in [3.63, 3.8) is 0 Å². The van der Waals surface area contributed by atoms with Crippen molar-refractivity contribution < 1.29 is 28.9 Å². The van der Waals surface area contributed by atoms with Gasteiger partial charge in [0.2, 0.25) is 0 Å². The van der Waals surface area contributed by atoms with E-state index in [-0.39, 0.29) is 11.1 Å². The van der Waals surface area contributed by atoms with Gasteiger partial charge in [0.15, 0.2) is 12.4 Å². The van der Waals surface area contributed by atoms with Gasteiger partial charge < -0.3 is 19.7 Å². The average Bonchev–Trinajstić information content (AvgIpc) is 3.08. The molecule has 2 N–H and O–H groups in total. The van der Waals surface area contributed by atoms with E-state index in [1.54, 1.807) is 12.1 Å². The number of aliphatic hydroxyl groups is 2. The van der Waals surface area contributed by atoms with Gasteiger partial charge in [-0.25, -0.2) is 13.9 Å². The summed E-state index contributed by atoms with van der Waals surface area (Å²) >= 11 is 0. The van der Waals surface area contributed by atoms with Crippen LogP contribution in [-0.4, -0.2) is 63.3 Å². The fourth-order valence-electron chi connectivity index (χ4n) is 2.48. The van der Waals surface area contributed by atoms with Crippen LogP contribution in [0.4, 0.5) is 4.39 Å². The lowest BCUT2D eigenvalue weighted by molar-refractivity contribution is -0.0509. The molecule has 0 saturated carbocycles. The summed E-state index contributed by atoms with van der Waals surface area (Å²) in [6.45, 7) is -0.516. The van der Waals surface area contributed by atoms with E-state index in [9.17, 15) is 14.3 Å². The molecule has 3 rings (SSSR count). The molecule has 0 radical (unpaired) electrons. The molecule has 1 fully saturated rings. The van der Waals surface area contributed by atoms with Gasteiger partial charge in [-0.1, -0.05) is 11.3 Å². The van der Waals surface area contributed by atoms with E-state index < -0.39 is 37.2 Å². The number of aliphatic hydroxyl groups excluding tert-OH is 2. The first-order chi connectivity index (χ1) is 10.6. The number of aromatic nitrogens is 3. The molecule has 9 heteroatoms. The van der Waals surface area contributed by atoms with Crippen molar-refractivity contribution in [2.45, 2.75) is 24.6 Å². The largest absolute Gasteiger partial charge is 0.465 e. The highest BCUT2D eigenvalue weighted by Crippen LogP contribution is 2.33. The van der Waals surface area contributed by atoms with Crippen molar-refractivity contribution in [3.05, 3.63) is 23.8 Å². The zero-order valence-corrected chi connectivity index (χ0v) is 11.6. The zero-order valence-electron chi connectivity index (χ0n) is 11.6. The van der Waals surface area contributed by atoms with Gasteiger partial charge in [-0.3, -0.25) is 0 Å². The number of esters is 1. The molecule has 1 aromatic heterocycles. The first-order valence-electron chi connectivity index (χ1n) is 6.59. The number of halogens is 1. The Morgan fingerprint density at radius 2 is 2.32 bits per heavy atom. The van der Waals surface area contributed by atoms with E-state index in [2.05, 4.69) is 15.0 Å². The summed E-state index contributed by atoms with van der Waals surface area (Å²) in [5, 5.41) is 26.4. The standard InChI is InChI=1S/C13H14FN3O5/c1-21-13(20)6-3-2-4-7-10(6)15-16-17(7)12-9(14)11(19)8(5-18)22-12/h2-4,8-9,11-12,18-19H,5H2,1H3/t8-,9-,11-,12-/m1/s1. The number of hydrogen-bond donors (Lipinski definition) is 2. The van der Waals surface area contributed by atoms with Crippen LogP contribution in [0.25, 0.3) is 11.0 Å². The second-order valence-electron chi connectivity index (χ2n) is 4.88. The molecule has 118 valence electrons. The van der Waals surface area contributed by atoms with Crippen molar-refractivity contribution in [1.29, 1.82) is 0 Å². The second kappa shape index (κ2) is 5.59. The zero-order chi connectivity index (χ0) is 15.9. The number of alkyl halides is 1. The molecule has 22 heavy (non-hydrogen) atoms. The number of carbonyl (C=O) groups excluding carboxylic acids is 1. The SMILES string of the molecule is COC(=O)c1cccc2c1nnn2[C@@H]1O[C@H](CO)[C@@H](O)[C@H]1F. The Labute approximate surface area is 124 Å². The molecule has 1 aliphatic heterocycles.